The second kappa shape index (κ2) is 7.86. The number of hydrogen-bond donors (Lipinski definition) is 2. The van der Waals surface area contributed by atoms with Crippen molar-refractivity contribution in [2.75, 3.05) is 40.8 Å². The number of pyridine rings is 1. The Morgan fingerprint density at radius 3 is 2.83 bits per heavy atom. The fourth-order valence-electron chi connectivity index (χ4n) is 3.35. The van der Waals surface area contributed by atoms with E-state index in [2.05, 4.69) is 20.1 Å². The van der Waals surface area contributed by atoms with Crippen molar-refractivity contribution >= 4 is 0 Å². The molecular weight excluding hydrogens is 308 g/mol. The molecule has 0 aromatic carbocycles. The van der Waals surface area contributed by atoms with Gasteiger partial charge in [-0.2, -0.15) is 0 Å². The summed E-state index contributed by atoms with van der Waals surface area (Å²) in [7, 11) is 6.10. The van der Waals surface area contributed by atoms with E-state index in [9.17, 15) is 5.11 Å². The number of aliphatic hydroxyl groups excluding tert-OH is 1. The number of aliphatic hydroxyl groups is 1. The van der Waals surface area contributed by atoms with E-state index >= 15 is 0 Å². The molecular formula is C17H28N4O3. The molecule has 2 saturated heterocycles. The molecule has 0 radical (unpaired) electrons. The lowest BCUT2D eigenvalue weighted by atomic mass is 9.95. The number of nitrogens with zero attached hydrogens (tertiary/aromatic N) is 3. The van der Waals surface area contributed by atoms with Crippen LogP contribution in [-0.2, 0) is 16.0 Å². The Balaban J connectivity index is 1.64. The van der Waals surface area contributed by atoms with Crippen molar-refractivity contribution < 1.29 is 14.6 Å². The number of fused-ring (bicyclic) bond motifs is 2. The smallest absolute Gasteiger partial charge is 0.176 e. The van der Waals surface area contributed by atoms with Gasteiger partial charge in [-0.05, 0) is 33.3 Å². The summed E-state index contributed by atoms with van der Waals surface area (Å²) in [6.07, 6.45) is 0.751. The zero-order valence-electron chi connectivity index (χ0n) is 14.6. The van der Waals surface area contributed by atoms with Crippen molar-refractivity contribution in [3.63, 3.8) is 0 Å². The second-order valence-electron chi connectivity index (χ2n) is 6.87. The summed E-state index contributed by atoms with van der Waals surface area (Å²) in [4.78, 5) is 8.58. The van der Waals surface area contributed by atoms with Crippen LogP contribution in [0.4, 0.5) is 0 Å². The number of rotatable bonds is 7. The molecule has 7 nitrogen and oxygen atoms in total. The van der Waals surface area contributed by atoms with Crippen LogP contribution in [0.3, 0.4) is 0 Å². The number of likely N-dealkylation sites (N-methyl/N-ethyl adjacent to an activating group) is 2. The summed E-state index contributed by atoms with van der Waals surface area (Å²) in [5, 5.41) is 14.3. The van der Waals surface area contributed by atoms with Gasteiger partial charge in [-0.25, -0.2) is 0 Å². The van der Waals surface area contributed by atoms with Gasteiger partial charge in [0.2, 0.25) is 0 Å². The Morgan fingerprint density at radius 1 is 1.29 bits per heavy atom. The van der Waals surface area contributed by atoms with Crippen molar-refractivity contribution in [3.8, 4) is 0 Å². The predicted molar refractivity (Wildman–Crippen MR) is 90.5 cm³/mol. The normalized spacial score (nSPS) is 32.7. The highest BCUT2D eigenvalue weighted by Gasteiger charge is 2.51. The molecule has 3 heterocycles. The van der Waals surface area contributed by atoms with Gasteiger partial charge in [0.15, 0.2) is 6.29 Å². The van der Waals surface area contributed by atoms with Crippen LogP contribution in [0.2, 0.25) is 0 Å². The Kier molecular flexibility index (Phi) is 5.80. The Morgan fingerprint density at radius 2 is 2.12 bits per heavy atom. The van der Waals surface area contributed by atoms with E-state index in [4.69, 9.17) is 9.47 Å². The van der Waals surface area contributed by atoms with E-state index in [0.717, 1.165) is 18.8 Å². The summed E-state index contributed by atoms with van der Waals surface area (Å²) < 4.78 is 11.8. The minimum atomic E-state index is -0.549. The quantitative estimate of drug-likeness (QED) is 0.697. The fraction of sp³-hybridized carbons (Fsp3) is 0.706. The SMILES string of the molecule is CN(C)CCN(C)[C@@H]1[C@@H]2OC[C@H](O2)[C@@H](NCc2ccccn2)[C@@H]1O. The van der Waals surface area contributed by atoms with Crippen molar-refractivity contribution in [2.45, 2.75) is 37.1 Å². The van der Waals surface area contributed by atoms with E-state index in [1.165, 1.54) is 0 Å². The van der Waals surface area contributed by atoms with E-state index in [1.807, 2.05) is 39.3 Å². The zero-order chi connectivity index (χ0) is 17.1. The first-order chi connectivity index (χ1) is 11.6. The van der Waals surface area contributed by atoms with E-state index in [0.29, 0.717) is 13.2 Å². The summed E-state index contributed by atoms with van der Waals surface area (Å²) >= 11 is 0. The summed E-state index contributed by atoms with van der Waals surface area (Å²) in [5.41, 5.74) is 0.947. The van der Waals surface area contributed by atoms with Crippen LogP contribution in [0.5, 0.6) is 0 Å². The Bertz CT molecular complexity index is 516. The number of nitrogens with one attached hydrogen (secondary N) is 1. The number of hydrogen-bond acceptors (Lipinski definition) is 7. The Hall–Kier alpha value is -1.09. The molecule has 0 aliphatic carbocycles. The third-order valence-electron chi connectivity index (χ3n) is 4.78. The van der Waals surface area contributed by atoms with Gasteiger partial charge in [0, 0.05) is 25.8 Å². The van der Waals surface area contributed by atoms with E-state index in [-0.39, 0.29) is 24.5 Å². The standard InChI is InChI=1S/C17H28N4O3/c1-20(2)8-9-21(3)15-16(22)14(13-11-23-17(15)24-13)19-10-12-6-4-5-7-18-12/h4-7,13-17,19,22H,8-11H2,1-3H3/t13-,14+,15-,16-,17+/m0/s1. The lowest BCUT2D eigenvalue weighted by Gasteiger charge is -2.43. The third-order valence-corrected chi connectivity index (χ3v) is 4.78. The van der Waals surface area contributed by atoms with Gasteiger partial charge in [0.05, 0.1) is 30.5 Å². The van der Waals surface area contributed by atoms with E-state index < -0.39 is 6.10 Å². The average Bonchev–Trinajstić information content (AvgIpc) is 2.99. The summed E-state index contributed by atoms with van der Waals surface area (Å²) in [6, 6.07) is 5.48. The predicted octanol–water partition coefficient (Wildman–Crippen LogP) is -0.482. The molecule has 134 valence electrons. The largest absolute Gasteiger partial charge is 0.390 e. The first kappa shape index (κ1) is 17.7. The maximum Gasteiger partial charge on any atom is 0.176 e. The topological polar surface area (TPSA) is 70.1 Å². The average molecular weight is 336 g/mol. The van der Waals surface area contributed by atoms with Crippen LogP contribution < -0.4 is 5.32 Å². The van der Waals surface area contributed by atoms with Gasteiger partial charge in [-0.1, -0.05) is 6.07 Å². The first-order valence-electron chi connectivity index (χ1n) is 8.49. The maximum atomic E-state index is 10.9. The van der Waals surface area contributed by atoms with Crippen molar-refractivity contribution in [3.05, 3.63) is 30.1 Å². The van der Waals surface area contributed by atoms with Gasteiger partial charge in [0.1, 0.15) is 6.10 Å². The monoisotopic (exact) mass is 336 g/mol. The van der Waals surface area contributed by atoms with Crippen LogP contribution >= 0.6 is 0 Å². The van der Waals surface area contributed by atoms with Crippen molar-refractivity contribution in [1.82, 2.24) is 20.1 Å². The number of aromatic nitrogens is 1. The lowest BCUT2D eigenvalue weighted by molar-refractivity contribution is -0.179. The molecule has 3 rings (SSSR count). The first-order valence-corrected chi connectivity index (χ1v) is 8.49. The summed E-state index contributed by atoms with van der Waals surface area (Å²) in [5.74, 6) is 0. The van der Waals surface area contributed by atoms with Gasteiger partial charge in [-0.3, -0.25) is 9.88 Å². The van der Waals surface area contributed by atoms with Crippen LogP contribution in [0.15, 0.2) is 24.4 Å². The molecule has 0 amide bonds. The van der Waals surface area contributed by atoms with Gasteiger partial charge in [0.25, 0.3) is 0 Å². The van der Waals surface area contributed by atoms with Gasteiger partial charge >= 0.3 is 0 Å². The third kappa shape index (κ3) is 3.93. The van der Waals surface area contributed by atoms with E-state index in [1.54, 1.807) is 6.20 Å². The van der Waals surface area contributed by atoms with Crippen LogP contribution in [0.25, 0.3) is 0 Å². The lowest BCUT2D eigenvalue weighted by Crippen LogP contribution is -2.64. The maximum absolute atomic E-state index is 10.9. The van der Waals surface area contributed by atoms with Gasteiger partial charge in [-0.15, -0.1) is 0 Å². The zero-order valence-corrected chi connectivity index (χ0v) is 14.6. The highest BCUT2D eigenvalue weighted by molar-refractivity contribution is 5.06. The summed E-state index contributed by atoms with van der Waals surface area (Å²) in [6.45, 7) is 2.87. The molecule has 5 atom stereocenters. The fourth-order valence-corrected chi connectivity index (χ4v) is 3.35. The minimum absolute atomic E-state index is 0.118. The molecule has 2 N–H and O–H groups in total. The van der Waals surface area contributed by atoms with Crippen LogP contribution in [-0.4, -0.2) is 91.3 Å². The molecule has 1 aromatic heterocycles. The molecule has 0 saturated carbocycles. The Labute approximate surface area is 143 Å². The highest BCUT2D eigenvalue weighted by atomic mass is 16.7. The van der Waals surface area contributed by atoms with Crippen molar-refractivity contribution in [1.29, 1.82) is 0 Å². The molecule has 7 heteroatoms. The molecule has 2 aliphatic rings. The van der Waals surface area contributed by atoms with Gasteiger partial charge < -0.3 is 24.8 Å². The molecule has 2 fully saturated rings. The molecule has 2 aliphatic heterocycles. The minimum Gasteiger partial charge on any atom is -0.390 e. The molecule has 0 unspecified atom stereocenters. The number of ether oxygens (including phenoxy) is 2. The molecule has 1 aromatic rings. The molecule has 24 heavy (non-hydrogen) atoms. The molecule has 0 spiro atoms. The highest BCUT2D eigenvalue weighted by Crippen LogP contribution is 2.31. The van der Waals surface area contributed by atoms with Crippen molar-refractivity contribution in [2.24, 2.45) is 0 Å². The van der Waals surface area contributed by atoms with Crippen LogP contribution in [0.1, 0.15) is 5.69 Å². The molecule has 2 bridgehead atoms. The van der Waals surface area contributed by atoms with Crippen LogP contribution in [0, 0.1) is 0 Å². The second-order valence-corrected chi connectivity index (χ2v) is 6.87.